The SMILES string of the molecule is O=C1N(Cc2cccnc2)CCCN1C1CCNCC1. The number of hydrogen-bond acceptors (Lipinski definition) is 3. The normalized spacial score (nSPS) is 21.3. The summed E-state index contributed by atoms with van der Waals surface area (Å²) in [6.07, 6.45) is 6.83. The predicted molar refractivity (Wildman–Crippen MR) is 77.3 cm³/mol. The van der Waals surface area contributed by atoms with Crippen LogP contribution in [0.1, 0.15) is 24.8 Å². The van der Waals surface area contributed by atoms with Gasteiger partial charge in [-0.1, -0.05) is 6.07 Å². The molecule has 3 rings (SSSR count). The summed E-state index contributed by atoms with van der Waals surface area (Å²) in [4.78, 5) is 20.8. The Kier molecular flexibility index (Phi) is 4.16. The van der Waals surface area contributed by atoms with Crippen LogP contribution in [0, 0.1) is 0 Å². The van der Waals surface area contributed by atoms with Crippen LogP contribution in [-0.2, 0) is 6.54 Å². The van der Waals surface area contributed by atoms with Crippen molar-refractivity contribution in [2.75, 3.05) is 26.2 Å². The minimum atomic E-state index is 0.201. The molecule has 0 aliphatic carbocycles. The van der Waals surface area contributed by atoms with Crippen LogP contribution in [0.15, 0.2) is 24.5 Å². The standard InChI is InChI=1S/C15H22N4O/c20-15-18(12-13-3-1-6-17-11-13)9-2-10-19(15)14-4-7-16-8-5-14/h1,3,6,11,14,16H,2,4-5,7-10,12H2. The first kappa shape index (κ1) is 13.4. The molecule has 2 saturated heterocycles. The molecule has 2 fully saturated rings. The fourth-order valence-electron chi connectivity index (χ4n) is 3.12. The molecule has 20 heavy (non-hydrogen) atoms. The molecule has 0 radical (unpaired) electrons. The second-order valence-electron chi connectivity index (χ2n) is 5.59. The van der Waals surface area contributed by atoms with E-state index in [-0.39, 0.29) is 6.03 Å². The number of nitrogens with zero attached hydrogens (tertiary/aromatic N) is 3. The molecule has 2 amide bonds. The molecule has 1 N–H and O–H groups in total. The van der Waals surface area contributed by atoms with Crippen molar-refractivity contribution in [2.24, 2.45) is 0 Å². The first-order chi connectivity index (χ1) is 9.84. The molecule has 5 nitrogen and oxygen atoms in total. The van der Waals surface area contributed by atoms with Crippen molar-refractivity contribution < 1.29 is 4.79 Å². The van der Waals surface area contributed by atoms with Crippen LogP contribution >= 0.6 is 0 Å². The largest absolute Gasteiger partial charge is 0.321 e. The predicted octanol–water partition coefficient (Wildman–Crippen LogP) is 1.46. The first-order valence-corrected chi connectivity index (χ1v) is 7.50. The molecular weight excluding hydrogens is 252 g/mol. The third-order valence-corrected chi connectivity index (χ3v) is 4.19. The summed E-state index contributed by atoms with van der Waals surface area (Å²) in [7, 11) is 0. The molecule has 5 heteroatoms. The van der Waals surface area contributed by atoms with Gasteiger partial charge in [-0.05, 0) is 44.0 Å². The highest BCUT2D eigenvalue weighted by molar-refractivity contribution is 5.75. The Morgan fingerprint density at radius 2 is 2.15 bits per heavy atom. The molecular formula is C15H22N4O. The van der Waals surface area contributed by atoms with E-state index in [0.717, 1.165) is 51.0 Å². The molecule has 2 aliphatic heterocycles. The van der Waals surface area contributed by atoms with Crippen LogP contribution < -0.4 is 5.32 Å². The van der Waals surface area contributed by atoms with Gasteiger partial charge in [0, 0.05) is 38.1 Å². The summed E-state index contributed by atoms with van der Waals surface area (Å²) in [6.45, 7) is 4.49. The Bertz CT molecular complexity index is 444. The third-order valence-electron chi connectivity index (χ3n) is 4.19. The second-order valence-corrected chi connectivity index (χ2v) is 5.59. The maximum absolute atomic E-state index is 12.6. The van der Waals surface area contributed by atoms with E-state index in [1.54, 1.807) is 6.20 Å². The van der Waals surface area contributed by atoms with Crippen molar-refractivity contribution >= 4 is 6.03 Å². The highest BCUT2D eigenvalue weighted by atomic mass is 16.2. The molecule has 1 aromatic heterocycles. The summed E-state index contributed by atoms with van der Waals surface area (Å²) < 4.78 is 0. The lowest BCUT2D eigenvalue weighted by molar-refractivity contribution is 0.0952. The van der Waals surface area contributed by atoms with Crippen molar-refractivity contribution in [3.05, 3.63) is 30.1 Å². The Balaban J connectivity index is 1.65. The first-order valence-electron chi connectivity index (χ1n) is 7.50. The van der Waals surface area contributed by atoms with Gasteiger partial charge in [-0.2, -0.15) is 0 Å². The molecule has 0 aromatic carbocycles. The lowest BCUT2D eigenvalue weighted by atomic mass is 10.0. The van der Waals surface area contributed by atoms with Gasteiger partial charge in [0.15, 0.2) is 0 Å². The Morgan fingerprint density at radius 1 is 1.30 bits per heavy atom. The molecule has 3 heterocycles. The smallest absolute Gasteiger partial charge is 0.320 e. The second kappa shape index (κ2) is 6.22. The lowest BCUT2D eigenvalue weighted by Crippen LogP contribution is -2.55. The van der Waals surface area contributed by atoms with Gasteiger partial charge in [0.05, 0.1) is 0 Å². The maximum atomic E-state index is 12.6. The number of rotatable bonds is 3. The Labute approximate surface area is 120 Å². The van der Waals surface area contributed by atoms with E-state index in [0.29, 0.717) is 12.6 Å². The monoisotopic (exact) mass is 274 g/mol. The van der Waals surface area contributed by atoms with Gasteiger partial charge in [-0.15, -0.1) is 0 Å². The summed E-state index contributed by atoms with van der Waals surface area (Å²) in [6, 6.07) is 4.57. The van der Waals surface area contributed by atoms with E-state index >= 15 is 0 Å². The topological polar surface area (TPSA) is 48.5 Å². The molecule has 0 atom stereocenters. The zero-order valence-electron chi connectivity index (χ0n) is 11.8. The number of hydrogen-bond donors (Lipinski definition) is 1. The summed E-state index contributed by atoms with van der Waals surface area (Å²) >= 11 is 0. The zero-order valence-corrected chi connectivity index (χ0v) is 11.8. The van der Waals surface area contributed by atoms with Gasteiger partial charge in [0.25, 0.3) is 0 Å². The van der Waals surface area contributed by atoms with Crippen LogP contribution in [0.5, 0.6) is 0 Å². The highest BCUT2D eigenvalue weighted by Gasteiger charge is 2.31. The van der Waals surface area contributed by atoms with E-state index in [1.165, 1.54) is 0 Å². The summed E-state index contributed by atoms with van der Waals surface area (Å²) in [5.74, 6) is 0. The summed E-state index contributed by atoms with van der Waals surface area (Å²) in [5, 5.41) is 3.36. The van der Waals surface area contributed by atoms with E-state index in [2.05, 4.69) is 15.2 Å². The number of pyridine rings is 1. The molecule has 108 valence electrons. The number of aromatic nitrogens is 1. The Morgan fingerprint density at radius 3 is 2.90 bits per heavy atom. The van der Waals surface area contributed by atoms with Gasteiger partial charge in [0.2, 0.25) is 0 Å². The highest BCUT2D eigenvalue weighted by Crippen LogP contribution is 2.20. The van der Waals surface area contributed by atoms with E-state index in [9.17, 15) is 4.79 Å². The van der Waals surface area contributed by atoms with Crippen LogP contribution in [0.25, 0.3) is 0 Å². The van der Waals surface area contributed by atoms with Gasteiger partial charge >= 0.3 is 6.03 Å². The summed E-state index contributed by atoms with van der Waals surface area (Å²) in [5.41, 5.74) is 1.10. The average molecular weight is 274 g/mol. The average Bonchev–Trinajstić information content (AvgIpc) is 2.51. The van der Waals surface area contributed by atoms with Crippen molar-refractivity contribution in [3.8, 4) is 0 Å². The minimum Gasteiger partial charge on any atom is -0.321 e. The van der Waals surface area contributed by atoms with Crippen molar-refractivity contribution in [3.63, 3.8) is 0 Å². The minimum absolute atomic E-state index is 0.201. The quantitative estimate of drug-likeness (QED) is 0.908. The van der Waals surface area contributed by atoms with Crippen molar-refractivity contribution in [1.29, 1.82) is 0 Å². The van der Waals surface area contributed by atoms with Crippen LogP contribution in [-0.4, -0.2) is 53.0 Å². The lowest BCUT2D eigenvalue weighted by Gasteiger charge is -2.41. The van der Waals surface area contributed by atoms with Gasteiger partial charge in [-0.3, -0.25) is 4.98 Å². The number of urea groups is 1. The molecule has 0 bridgehead atoms. The molecule has 0 spiro atoms. The van der Waals surface area contributed by atoms with Crippen LogP contribution in [0.4, 0.5) is 4.79 Å². The van der Waals surface area contributed by atoms with E-state index < -0.39 is 0 Å². The van der Waals surface area contributed by atoms with Gasteiger partial charge in [0.1, 0.15) is 0 Å². The fourth-order valence-corrected chi connectivity index (χ4v) is 3.12. The molecule has 0 unspecified atom stereocenters. The van der Waals surface area contributed by atoms with E-state index in [1.807, 2.05) is 23.2 Å². The zero-order chi connectivity index (χ0) is 13.8. The number of piperidine rings is 1. The number of carbonyl (C=O) groups excluding carboxylic acids is 1. The number of amides is 2. The number of carbonyl (C=O) groups is 1. The third kappa shape index (κ3) is 2.93. The Hall–Kier alpha value is -1.62. The van der Waals surface area contributed by atoms with Gasteiger partial charge in [-0.25, -0.2) is 4.79 Å². The van der Waals surface area contributed by atoms with Crippen LogP contribution in [0.2, 0.25) is 0 Å². The van der Waals surface area contributed by atoms with E-state index in [4.69, 9.17) is 0 Å². The molecule has 1 aromatic rings. The van der Waals surface area contributed by atoms with Crippen molar-refractivity contribution in [1.82, 2.24) is 20.1 Å². The van der Waals surface area contributed by atoms with Crippen LogP contribution in [0.3, 0.4) is 0 Å². The molecule has 2 aliphatic rings. The van der Waals surface area contributed by atoms with Crippen molar-refractivity contribution in [2.45, 2.75) is 31.8 Å². The fraction of sp³-hybridized carbons (Fsp3) is 0.600. The maximum Gasteiger partial charge on any atom is 0.320 e. The number of nitrogens with one attached hydrogen (secondary N) is 1. The molecule has 0 saturated carbocycles. The van der Waals surface area contributed by atoms with Gasteiger partial charge < -0.3 is 15.1 Å².